The van der Waals surface area contributed by atoms with Gasteiger partial charge in [-0.05, 0) is 93.6 Å². The van der Waals surface area contributed by atoms with Crippen molar-refractivity contribution in [3.63, 3.8) is 0 Å². The number of thiazole rings is 4. The number of aromatic nitrogens is 12. The van der Waals surface area contributed by atoms with Crippen molar-refractivity contribution in [2.24, 2.45) is 28.2 Å². The van der Waals surface area contributed by atoms with E-state index < -0.39 is 35.6 Å². The number of carboxylic acids is 3. The Hall–Kier alpha value is -12.3. The number of aryl methyl sites for hydroxylation is 4. The Kier molecular flexibility index (Phi) is 24.2. The number of carboxylic acid groups (broad SMARTS) is 3. The highest BCUT2D eigenvalue weighted by Crippen LogP contribution is 2.37. The van der Waals surface area contributed by atoms with Crippen molar-refractivity contribution in [3.05, 3.63) is 137 Å². The zero-order chi connectivity index (χ0) is 83.6. The van der Waals surface area contributed by atoms with Gasteiger partial charge in [-0.15, -0.1) is 0 Å². The number of aromatic carboxylic acids is 3. The predicted molar refractivity (Wildman–Crippen MR) is 431 cm³/mol. The number of rotatable bonds is 17. The number of hydrogen-bond acceptors (Lipinski definition) is 27. The summed E-state index contributed by atoms with van der Waals surface area (Å²) in [6.45, 7) is 13.1. The van der Waals surface area contributed by atoms with E-state index in [9.17, 15) is 56.6 Å². The molecule has 4 aliphatic rings. The van der Waals surface area contributed by atoms with Crippen LogP contribution in [0.1, 0.15) is 118 Å². The highest BCUT2D eigenvalue weighted by Gasteiger charge is 2.44. The number of nitrogens with zero attached hydrogens (tertiary/aromatic N) is 16. The Morgan fingerprint density at radius 1 is 0.444 bits per heavy atom. The second kappa shape index (κ2) is 34.3. The Balaban J connectivity index is 0.000000136. The van der Waals surface area contributed by atoms with Crippen molar-refractivity contribution >= 4 is 181 Å². The van der Waals surface area contributed by atoms with Gasteiger partial charge >= 0.3 is 36.1 Å². The third-order valence-electron chi connectivity index (χ3n) is 19.2. The zero-order valence-electron chi connectivity index (χ0n) is 64.5. The lowest BCUT2D eigenvalue weighted by molar-refractivity contribution is -0.186. The molecule has 0 atom stereocenters. The van der Waals surface area contributed by atoms with Crippen LogP contribution in [-0.4, -0.2) is 210 Å². The van der Waals surface area contributed by atoms with Gasteiger partial charge in [-0.1, -0.05) is 45.3 Å². The molecule has 16 rings (SSSR count). The van der Waals surface area contributed by atoms with Gasteiger partial charge in [0.2, 0.25) is 35.6 Å². The number of carbonyl (C=O) groups excluding carboxylic acids is 5. The Labute approximate surface area is 679 Å². The molecule has 12 aromatic rings. The smallest absolute Gasteiger partial charge is 0.471 e. The van der Waals surface area contributed by atoms with Crippen LogP contribution in [0.4, 0.5) is 62.3 Å². The molecule has 117 heavy (non-hydrogen) atoms. The molecule has 0 saturated carbocycles. The van der Waals surface area contributed by atoms with Gasteiger partial charge in [-0.25, -0.2) is 59.0 Å². The summed E-state index contributed by atoms with van der Waals surface area (Å²) in [4.78, 5) is 139. The summed E-state index contributed by atoms with van der Waals surface area (Å²) in [7, 11) is 7.37. The van der Waals surface area contributed by atoms with Crippen LogP contribution in [0.2, 0.25) is 0 Å². The average molecular weight is 1680 g/mol. The number of nitrogens with one attached hydrogen (secondary N) is 5. The molecule has 614 valence electrons. The third-order valence-corrected chi connectivity index (χ3v) is 23.2. The van der Waals surface area contributed by atoms with Gasteiger partial charge in [0.15, 0.2) is 20.5 Å². The molecule has 42 heteroatoms. The number of imidazole rings is 4. The molecule has 0 spiro atoms. The third kappa shape index (κ3) is 19.0. The van der Waals surface area contributed by atoms with Crippen LogP contribution in [0.15, 0.2) is 72.8 Å². The topological polar surface area (TPSA) is 432 Å². The first-order valence-electron chi connectivity index (χ1n) is 36.5. The lowest BCUT2D eigenvalue weighted by Gasteiger charge is -2.29. The Morgan fingerprint density at radius 2 is 0.752 bits per heavy atom. The molecule has 12 heterocycles. The van der Waals surface area contributed by atoms with Crippen LogP contribution in [0.3, 0.4) is 0 Å². The lowest BCUT2D eigenvalue weighted by atomic mass is 10.2. The summed E-state index contributed by atoms with van der Waals surface area (Å²) < 4.78 is 56.0. The average Bonchev–Trinajstić information content (AvgIpc) is 1.65. The molecule has 0 fully saturated rings. The summed E-state index contributed by atoms with van der Waals surface area (Å²) in [5, 5.41) is 54.2. The van der Waals surface area contributed by atoms with E-state index in [0.717, 1.165) is 87.6 Å². The summed E-state index contributed by atoms with van der Waals surface area (Å²) in [5.74, 6) is -2.72. The molecule has 5 amide bonds. The number of carbonyl (C=O) groups is 8. The van der Waals surface area contributed by atoms with E-state index >= 15 is 0 Å². The fraction of sp³-hybridized carbons (Fsp3) is 0.360. The second-order valence-electron chi connectivity index (χ2n) is 28.4. The van der Waals surface area contributed by atoms with E-state index in [0.29, 0.717) is 137 Å². The number of alkyl halides is 3. The van der Waals surface area contributed by atoms with Crippen LogP contribution < -0.4 is 26.6 Å². The fourth-order valence-electron chi connectivity index (χ4n) is 13.0. The molecule has 9 N–H and O–H groups in total. The molecule has 0 aliphatic carbocycles. The van der Waals surface area contributed by atoms with Crippen molar-refractivity contribution in [1.82, 2.24) is 83.1 Å². The standard InChI is InChI=1S/C21H26N6O4S.C20H23N5O4S.C17H14F3N5O3S.C17H17N5O3S/c1-13(29)27-7-5-15-18(12-27)32-21(24-15)25-20-23-16-11-14(3-4-17(16)26(20)2)19(30)22-6-9-31-10-8-28;1-20(2,3)29-19(28)25-8-7-12-15(10-25)30-18(22-12)23-17-21-13-9-11(16(26)27)5-6-14(13)24(17)4;1-24-11-3-2-8(13(26)27)6-10(11)21-15(24)23-16-22-9-4-5-25(7-12(9)29-16)14(28)17(18,19)20;1-9(23)22-6-5-11-14(8-22)26-17(19-11)20-16-18-12-7-10(15(24)25)3-4-13(12)21(16)2/h3-4,11,28H,5-10,12H2,1-2H3,(H,22,30)(H,23,24,25);5-6,9H,7-8,10H2,1-4H3,(H,26,27)(H,21,22,23);2-3,6H,4-5,7H2,1H3,(H,26,27)(H,21,22,23);3-4,7H,5-6,8H2,1-2H3,(H,24,25)(H,18,19,20). The van der Waals surface area contributed by atoms with Gasteiger partial charge in [0.05, 0.1) is 130 Å². The van der Waals surface area contributed by atoms with Crippen LogP contribution in [0, 0.1) is 0 Å². The zero-order valence-corrected chi connectivity index (χ0v) is 67.8. The number of ether oxygens (including phenoxy) is 2. The first kappa shape index (κ1) is 82.7. The van der Waals surface area contributed by atoms with Crippen molar-refractivity contribution in [1.29, 1.82) is 0 Å². The van der Waals surface area contributed by atoms with Gasteiger partial charge in [0.1, 0.15) is 5.60 Å². The highest BCUT2D eigenvalue weighted by molar-refractivity contribution is 7.16. The number of aliphatic hydroxyl groups excluding tert-OH is 1. The van der Waals surface area contributed by atoms with Gasteiger partial charge in [-0.3, -0.25) is 19.2 Å². The highest BCUT2D eigenvalue weighted by atomic mass is 32.1. The SMILES string of the molecule is CC(=O)N1CCc2nc(Nc3nc4cc(C(=O)NCCOCCO)ccc4n3C)sc2C1.CC(=O)N1CCc2nc(Nc3nc4cc(C(=O)O)ccc4n3C)sc2C1.Cn1c(Nc2nc3c(s2)CN(C(=O)C(F)(F)F)CC3)nc2cc(C(=O)O)ccc21.Cn1c(Nc2nc3c(s2)CN(C(=O)OC(C)(C)C)CC3)nc2cc(C(=O)O)ccc21. The number of fused-ring (bicyclic) bond motifs is 8. The van der Waals surface area contributed by atoms with Crippen molar-refractivity contribution in [3.8, 4) is 0 Å². The number of benzene rings is 4. The number of amides is 5. The largest absolute Gasteiger partial charge is 0.478 e. The Morgan fingerprint density at radius 3 is 1.07 bits per heavy atom. The Bertz CT molecular complexity index is 5870. The normalized spacial score (nSPS) is 13.8. The van der Waals surface area contributed by atoms with E-state index in [1.165, 1.54) is 46.1 Å². The molecule has 8 aromatic heterocycles. The van der Waals surface area contributed by atoms with Crippen molar-refractivity contribution in [2.75, 3.05) is 73.8 Å². The summed E-state index contributed by atoms with van der Waals surface area (Å²) in [6.07, 6.45) is -2.82. The van der Waals surface area contributed by atoms with Crippen LogP contribution in [-0.2, 0) is 104 Å². The van der Waals surface area contributed by atoms with Gasteiger partial charge in [-0.2, -0.15) is 13.2 Å². The minimum absolute atomic E-state index is 0.0405. The van der Waals surface area contributed by atoms with Crippen LogP contribution in [0.25, 0.3) is 44.1 Å². The molecule has 0 radical (unpaired) electrons. The second-order valence-corrected chi connectivity index (χ2v) is 32.7. The van der Waals surface area contributed by atoms with E-state index in [4.69, 9.17) is 24.8 Å². The number of aliphatic hydroxyl groups is 1. The van der Waals surface area contributed by atoms with Crippen LogP contribution >= 0.6 is 45.3 Å². The molecular formula is C75H80F3N21O14S4. The number of anilines is 8. The maximum absolute atomic E-state index is 12.7. The number of hydrogen-bond donors (Lipinski definition) is 9. The molecular weight excluding hydrogens is 1600 g/mol. The summed E-state index contributed by atoms with van der Waals surface area (Å²) in [6, 6.07) is 19.7. The fourth-order valence-corrected chi connectivity index (χ4v) is 17.1. The molecule has 0 saturated heterocycles. The van der Waals surface area contributed by atoms with E-state index in [1.54, 1.807) is 85.0 Å². The summed E-state index contributed by atoms with van der Waals surface area (Å²) in [5.41, 5.74) is 9.79. The maximum atomic E-state index is 12.7. The first-order valence-corrected chi connectivity index (χ1v) is 39.8. The molecule has 0 bridgehead atoms. The molecule has 4 aliphatic heterocycles. The monoisotopic (exact) mass is 1680 g/mol. The first-order chi connectivity index (χ1) is 55.6. The molecule has 0 unspecified atom stereocenters. The predicted octanol–water partition coefficient (Wildman–Crippen LogP) is 10.5. The minimum Gasteiger partial charge on any atom is -0.478 e. The van der Waals surface area contributed by atoms with Crippen molar-refractivity contribution in [2.45, 2.75) is 98.3 Å². The maximum Gasteiger partial charge on any atom is 0.471 e. The quantitative estimate of drug-likeness (QED) is 0.0382. The van der Waals surface area contributed by atoms with Gasteiger partial charge in [0, 0.05) is 126 Å². The van der Waals surface area contributed by atoms with E-state index in [2.05, 4.69) is 66.5 Å². The van der Waals surface area contributed by atoms with Crippen LogP contribution in [0.5, 0.6) is 0 Å². The lowest BCUT2D eigenvalue weighted by Crippen LogP contribution is -2.43. The minimum atomic E-state index is -4.90. The van der Waals surface area contributed by atoms with Gasteiger partial charge in [0.25, 0.3) is 5.91 Å². The van der Waals surface area contributed by atoms with Gasteiger partial charge < -0.3 is 94.4 Å². The molecule has 35 nitrogen and oxygen atoms in total. The summed E-state index contributed by atoms with van der Waals surface area (Å²) >= 11 is 5.68. The molecule has 4 aromatic carbocycles. The number of halogens is 3. The van der Waals surface area contributed by atoms with E-state index in [-0.39, 0.29) is 73.2 Å². The van der Waals surface area contributed by atoms with E-state index in [1.807, 2.05) is 71.5 Å². The van der Waals surface area contributed by atoms with Crippen molar-refractivity contribution < 1.29 is 81.4 Å².